The molecule has 0 radical (unpaired) electrons. The summed E-state index contributed by atoms with van der Waals surface area (Å²) in [6, 6.07) is 9.75. The maximum absolute atomic E-state index is 9.71. The van der Waals surface area contributed by atoms with Gasteiger partial charge < -0.3 is 15.3 Å². The van der Waals surface area contributed by atoms with Crippen molar-refractivity contribution in [2.45, 2.75) is 6.92 Å². The first-order chi connectivity index (χ1) is 7.59. The van der Waals surface area contributed by atoms with Gasteiger partial charge in [0.2, 0.25) is 0 Å². The van der Waals surface area contributed by atoms with Crippen LogP contribution in [0.1, 0.15) is 5.56 Å². The van der Waals surface area contributed by atoms with Crippen LogP contribution in [0, 0.1) is 6.92 Å². The van der Waals surface area contributed by atoms with Gasteiger partial charge in [-0.15, -0.1) is 0 Å². The summed E-state index contributed by atoms with van der Waals surface area (Å²) in [5.74, 6) is -0.340. The predicted octanol–water partition coefficient (Wildman–Crippen LogP) is 2.78. The first-order valence-electron chi connectivity index (χ1n) is 4.90. The van der Waals surface area contributed by atoms with Crippen molar-refractivity contribution in [2.24, 2.45) is 0 Å². The summed E-state index contributed by atoms with van der Waals surface area (Å²) in [6.07, 6.45) is 0. The summed E-state index contributed by atoms with van der Waals surface area (Å²) in [4.78, 5) is 0. The molecule has 0 aliphatic rings. The average molecular weight is 216 g/mol. The smallest absolute Gasteiger partial charge is 0.165 e. The summed E-state index contributed by atoms with van der Waals surface area (Å²) in [6.45, 7) is 1.89. The lowest BCUT2D eigenvalue weighted by Gasteiger charge is -2.08. The molecule has 2 rings (SSSR count). The molecule has 3 N–H and O–H groups in total. The maximum Gasteiger partial charge on any atom is 0.165 e. The number of benzene rings is 2. The van der Waals surface area contributed by atoms with Gasteiger partial charge in [-0.3, -0.25) is 0 Å². The highest BCUT2D eigenvalue weighted by atomic mass is 16.3. The quantitative estimate of drug-likeness (QED) is 0.642. The first kappa shape index (κ1) is 10.4. The van der Waals surface area contributed by atoms with E-state index >= 15 is 0 Å². The lowest BCUT2D eigenvalue weighted by molar-refractivity contribution is 0.404. The predicted molar refractivity (Wildman–Crippen MR) is 61.6 cm³/mol. The minimum atomic E-state index is -0.219. The van der Waals surface area contributed by atoms with Crippen LogP contribution in [0.3, 0.4) is 0 Å². The van der Waals surface area contributed by atoms with Crippen LogP contribution >= 0.6 is 0 Å². The fourth-order valence-corrected chi connectivity index (χ4v) is 1.61. The third kappa shape index (κ3) is 1.67. The lowest BCUT2D eigenvalue weighted by atomic mass is 10.0. The van der Waals surface area contributed by atoms with Crippen molar-refractivity contribution in [3.8, 4) is 28.4 Å². The van der Waals surface area contributed by atoms with Gasteiger partial charge in [-0.2, -0.15) is 0 Å². The van der Waals surface area contributed by atoms with Gasteiger partial charge >= 0.3 is 0 Å². The largest absolute Gasteiger partial charge is 0.507 e. The van der Waals surface area contributed by atoms with Gasteiger partial charge in [0.05, 0.1) is 0 Å². The molecule has 2 aromatic carbocycles. The zero-order chi connectivity index (χ0) is 11.7. The van der Waals surface area contributed by atoms with E-state index in [-0.39, 0.29) is 17.2 Å². The number of hydrogen-bond acceptors (Lipinski definition) is 3. The Kier molecular flexibility index (Phi) is 2.44. The summed E-state index contributed by atoms with van der Waals surface area (Å²) in [5, 5.41) is 28.8. The van der Waals surface area contributed by atoms with Crippen LogP contribution in [0.5, 0.6) is 17.2 Å². The van der Waals surface area contributed by atoms with Crippen LogP contribution in [0.15, 0.2) is 36.4 Å². The number of para-hydroxylation sites is 1. The zero-order valence-electron chi connectivity index (χ0n) is 8.81. The highest BCUT2D eigenvalue weighted by Gasteiger charge is 2.11. The molecule has 16 heavy (non-hydrogen) atoms. The van der Waals surface area contributed by atoms with E-state index in [4.69, 9.17) is 0 Å². The molecule has 0 unspecified atom stereocenters. The van der Waals surface area contributed by atoms with Crippen molar-refractivity contribution in [1.29, 1.82) is 0 Å². The minimum absolute atomic E-state index is 0.0755. The molecular weight excluding hydrogens is 204 g/mol. The van der Waals surface area contributed by atoms with Gasteiger partial charge in [0.15, 0.2) is 11.5 Å². The molecule has 0 aromatic heterocycles. The molecule has 0 heterocycles. The second kappa shape index (κ2) is 3.77. The maximum atomic E-state index is 9.71. The number of hydrogen-bond donors (Lipinski definition) is 3. The molecule has 0 aliphatic carbocycles. The second-order valence-corrected chi connectivity index (χ2v) is 3.69. The van der Waals surface area contributed by atoms with Crippen molar-refractivity contribution in [3.63, 3.8) is 0 Å². The summed E-state index contributed by atoms with van der Waals surface area (Å²) < 4.78 is 0. The molecule has 0 spiro atoms. The van der Waals surface area contributed by atoms with E-state index < -0.39 is 0 Å². The highest BCUT2D eigenvalue weighted by molar-refractivity contribution is 5.77. The topological polar surface area (TPSA) is 60.7 Å². The normalized spacial score (nSPS) is 10.3. The third-order valence-corrected chi connectivity index (χ3v) is 2.46. The SMILES string of the molecule is Cc1ccc(O)c(-c2cccc(O)c2O)c1. The van der Waals surface area contributed by atoms with E-state index in [9.17, 15) is 15.3 Å². The Morgan fingerprint density at radius 2 is 1.56 bits per heavy atom. The van der Waals surface area contributed by atoms with Crippen LogP contribution in [0.25, 0.3) is 11.1 Å². The average Bonchev–Trinajstić information content (AvgIpc) is 2.26. The van der Waals surface area contributed by atoms with Crippen LogP contribution in [0.4, 0.5) is 0 Å². The monoisotopic (exact) mass is 216 g/mol. The van der Waals surface area contributed by atoms with Crippen LogP contribution in [0.2, 0.25) is 0 Å². The molecule has 3 heteroatoms. The molecule has 0 amide bonds. The second-order valence-electron chi connectivity index (χ2n) is 3.69. The van der Waals surface area contributed by atoms with Crippen molar-refractivity contribution < 1.29 is 15.3 Å². The Labute approximate surface area is 93.2 Å². The Bertz CT molecular complexity index is 533. The van der Waals surface area contributed by atoms with Gasteiger partial charge in [0, 0.05) is 11.1 Å². The standard InChI is InChI=1S/C13H12O3/c1-8-5-6-11(14)10(7-8)9-3-2-4-12(15)13(9)16/h2-7,14-16H,1H3. The molecule has 2 aromatic rings. The molecular formula is C13H12O3. The van der Waals surface area contributed by atoms with E-state index in [0.29, 0.717) is 11.1 Å². The number of aromatic hydroxyl groups is 3. The summed E-state index contributed by atoms with van der Waals surface area (Å²) in [5.41, 5.74) is 1.89. The number of aryl methyl sites for hydroxylation is 1. The Morgan fingerprint density at radius 3 is 2.31 bits per heavy atom. The highest BCUT2D eigenvalue weighted by Crippen LogP contribution is 2.40. The Morgan fingerprint density at radius 1 is 0.812 bits per heavy atom. The fraction of sp³-hybridized carbons (Fsp3) is 0.0769. The van der Waals surface area contributed by atoms with Gasteiger partial charge in [-0.05, 0) is 25.1 Å². The zero-order valence-corrected chi connectivity index (χ0v) is 8.81. The van der Waals surface area contributed by atoms with Crippen LogP contribution in [-0.4, -0.2) is 15.3 Å². The number of phenolic OH excluding ortho intramolecular Hbond substituents is 3. The molecule has 0 fully saturated rings. The molecule has 0 saturated carbocycles. The van der Waals surface area contributed by atoms with Gasteiger partial charge in [0.25, 0.3) is 0 Å². The van der Waals surface area contributed by atoms with E-state index in [2.05, 4.69) is 0 Å². The molecule has 0 aliphatic heterocycles. The van der Waals surface area contributed by atoms with Crippen LogP contribution < -0.4 is 0 Å². The van der Waals surface area contributed by atoms with Crippen molar-refractivity contribution in [1.82, 2.24) is 0 Å². The van der Waals surface area contributed by atoms with Gasteiger partial charge in [-0.1, -0.05) is 23.8 Å². The Balaban J connectivity index is 2.67. The lowest BCUT2D eigenvalue weighted by Crippen LogP contribution is -1.82. The van der Waals surface area contributed by atoms with E-state index in [1.807, 2.05) is 6.92 Å². The van der Waals surface area contributed by atoms with Gasteiger partial charge in [-0.25, -0.2) is 0 Å². The molecule has 0 saturated heterocycles. The molecule has 82 valence electrons. The minimum Gasteiger partial charge on any atom is -0.507 e. The van der Waals surface area contributed by atoms with Crippen molar-refractivity contribution >= 4 is 0 Å². The summed E-state index contributed by atoms with van der Waals surface area (Å²) in [7, 11) is 0. The van der Waals surface area contributed by atoms with E-state index in [0.717, 1.165) is 5.56 Å². The third-order valence-electron chi connectivity index (χ3n) is 2.46. The van der Waals surface area contributed by atoms with Gasteiger partial charge in [0.1, 0.15) is 5.75 Å². The van der Waals surface area contributed by atoms with E-state index in [1.54, 1.807) is 30.3 Å². The molecule has 0 bridgehead atoms. The Hall–Kier alpha value is -2.16. The van der Waals surface area contributed by atoms with E-state index in [1.165, 1.54) is 6.07 Å². The molecule has 0 atom stereocenters. The summed E-state index contributed by atoms with van der Waals surface area (Å²) >= 11 is 0. The van der Waals surface area contributed by atoms with Crippen LogP contribution in [-0.2, 0) is 0 Å². The number of phenols is 3. The fourth-order valence-electron chi connectivity index (χ4n) is 1.61. The number of rotatable bonds is 1. The van der Waals surface area contributed by atoms with Crippen molar-refractivity contribution in [3.05, 3.63) is 42.0 Å². The van der Waals surface area contributed by atoms with Crippen molar-refractivity contribution in [2.75, 3.05) is 0 Å². The first-order valence-corrected chi connectivity index (χ1v) is 4.90. The molecule has 3 nitrogen and oxygen atoms in total.